The van der Waals surface area contributed by atoms with Crippen molar-refractivity contribution in [1.82, 2.24) is 4.48 Å². The molecule has 0 saturated heterocycles. The van der Waals surface area contributed by atoms with Crippen LogP contribution in [-0.2, 0) is 5.41 Å². The number of ether oxygens (including phenoxy) is 2. The topological polar surface area (TPSA) is 29.9 Å². The molecule has 9 aromatic carbocycles. The minimum Gasteiger partial charge on any atom is -0.450 e. The highest BCUT2D eigenvalue weighted by atomic mass is 32.1. The van der Waals surface area contributed by atoms with E-state index in [1.54, 1.807) is 0 Å². The van der Waals surface area contributed by atoms with Crippen molar-refractivity contribution in [3.63, 3.8) is 0 Å². The molecule has 0 saturated carbocycles. The molecule has 324 valence electrons. The van der Waals surface area contributed by atoms with Crippen LogP contribution in [0.4, 0.5) is 34.1 Å². The fraction of sp³-hybridized carbons (Fsp3) is 0.0820. The van der Waals surface area contributed by atoms with E-state index >= 15 is 0 Å². The summed E-state index contributed by atoms with van der Waals surface area (Å²) in [5.74, 6) is 2.83. The van der Waals surface area contributed by atoms with Gasteiger partial charge in [0, 0.05) is 66.6 Å². The smallest absolute Gasteiger partial charge is 0.333 e. The molecule has 0 amide bonds. The Balaban J connectivity index is 1.12. The highest BCUT2D eigenvalue weighted by molar-refractivity contribution is 7.27. The molecule has 0 bridgehead atoms. The van der Waals surface area contributed by atoms with E-state index in [2.05, 4.69) is 212 Å². The van der Waals surface area contributed by atoms with Gasteiger partial charge in [-0.3, -0.25) is 0 Å². The van der Waals surface area contributed by atoms with Crippen LogP contribution < -0.4 is 30.2 Å². The largest absolute Gasteiger partial charge is 0.450 e. The number of anilines is 6. The van der Waals surface area contributed by atoms with Gasteiger partial charge in [0.1, 0.15) is 0 Å². The van der Waals surface area contributed by atoms with Gasteiger partial charge in [-0.25, -0.2) is 0 Å². The van der Waals surface area contributed by atoms with Crippen molar-refractivity contribution >= 4 is 94.4 Å². The standard InChI is InChI=1S/C61H44BN3O2S/c1-37-30-45-46-33-42(63(40-20-10-6-11-21-40)41-22-12-7-13-23-41)34-47-58(46)65(59-43-24-14-17-27-56(43)68-60(47)59)62-48-35-54-55(67-53-26-16-15-25-52(53)66-54)36-50(48)64(51(31-37)57(45)62)49-29-28-39(61(2,3)4)32-44(49)38-18-8-5-9-19-38/h5-36H,1-4H3. The summed E-state index contributed by atoms with van der Waals surface area (Å²) in [7, 11) is 0. The lowest BCUT2D eigenvalue weighted by Gasteiger charge is -2.42. The lowest BCUT2D eigenvalue weighted by Crippen LogP contribution is -2.56. The first-order chi connectivity index (χ1) is 33.3. The fourth-order valence-corrected chi connectivity index (χ4v) is 12.3. The van der Waals surface area contributed by atoms with E-state index in [0.29, 0.717) is 23.0 Å². The number of benzene rings is 9. The molecule has 11 aromatic rings. The predicted octanol–water partition coefficient (Wildman–Crippen LogP) is 16.1. The van der Waals surface area contributed by atoms with Crippen LogP contribution in [0.15, 0.2) is 194 Å². The highest BCUT2D eigenvalue weighted by Gasteiger charge is 2.45. The number of fused-ring (bicyclic) bond motifs is 11. The van der Waals surface area contributed by atoms with Crippen LogP contribution >= 0.6 is 11.3 Å². The summed E-state index contributed by atoms with van der Waals surface area (Å²) in [5.41, 5.74) is 18.8. The number of rotatable bonds is 5. The van der Waals surface area contributed by atoms with Crippen LogP contribution in [-0.4, -0.2) is 11.3 Å². The van der Waals surface area contributed by atoms with E-state index in [-0.39, 0.29) is 12.3 Å². The Bertz CT molecular complexity index is 3830. The molecule has 0 atom stereocenters. The van der Waals surface area contributed by atoms with Crippen LogP contribution in [0.3, 0.4) is 0 Å². The Labute approximate surface area is 399 Å². The van der Waals surface area contributed by atoms with E-state index in [0.717, 1.165) is 39.6 Å². The van der Waals surface area contributed by atoms with Crippen molar-refractivity contribution in [3.05, 3.63) is 205 Å². The van der Waals surface area contributed by atoms with E-state index in [1.165, 1.54) is 70.0 Å². The Morgan fingerprint density at radius 2 is 1.15 bits per heavy atom. The summed E-state index contributed by atoms with van der Waals surface area (Å²) in [6.07, 6.45) is 0. The van der Waals surface area contributed by atoms with Gasteiger partial charge in [0.05, 0.1) is 15.9 Å². The molecule has 0 aliphatic carbocycles. The molecule has 0 spiro atoms. The van der Waals surface area contributed by atoms with E-state index in [4.69, 9.17) is 9.47 Å². The molecule has 3 aliphatic heterocycles. The molecule has 14 rings (SSSR count). The maximum atomic E-state index is 6.82. The molecule has 0 fully saturated rings. The third-order valence-corrected chi connectivity index (χ3v) is 15.3. The zero-order chi connectivity index (χ0) is 45.4. The Morgan fingerprint density at radius 1 is 0.500 bits per heavy atom. The minimum atomic E-state index is -0.192. The van der Waals surface area contributed by atoms with Gasteiger partial charge in [0.15, 0.2) is 23.0 Å². The first-order valence-corrected chi connectivity index (χ1v) is 24.3. The Kier molecular flexibility index (Phi) is 8.36. The van der Waals surface area contributed by atoms with Gasteiger partial charge in [-0.2, -0.15) is 0 Å². The van der Waals surface area contributed by atoms with Gasteiger partial charge in [-0.1, -0.05) is 130 Å². The molecular formula is C61H44BN3O2S. The highest BCUT2D eigenvalue weighted by Crippen LogP contribution is 2.54. The average Bonchev–Trinajstić information content (AvgIpc) is 3.90. The van der Waals surface area contributed by atoms with Crippen LogP contribution in [0.25, 0.3) is 53.5 Å². The van der Waals surface area contributed by atoms with Crippen molar-refractivity contribution < 1.29 is 9.47 Å². The zero-order valence-electron chi connectivity index (χ0n) is 38.1. The maximum absolute atomic E-state index is 6.82. The summed E-state index contributed by atoms with van der Waals surface area (Å²) in [6.45, 7) is 8.95. The van der Waals surface area contributed by atoms with Crippen LogP contribution in [0, 0.1) is 6.92 Å². The summed E-state index contributed by atoms with van der Waals surface area (Å²) >= 11 is 1.89. The lowest BCUT2D eigenvalue weighted by atomic mass is 9.45. The van der Waals surface area contributed by atoms with E-state index < -0.39 is 0 Å². The number of aryl methyl sites for hydroxylation is 1. The number of para-hydroxylation sites is 4. The van der Waals surface area contributed by atoms with Crippen LogP contribution in [0.5, 0.6) is 23.0 Å². The second-order valence-electron chi connectivity index (χ2n) is 19.4. The molecule has 5 heterocycles. The number of thiophene rings is 1. The van der Waals surface area contributed by atoms with Crippen LogP contribution in [0.1, 0.15) is 31.9 Å². The van der Waals surface area contributed by atoms with Gasteiger partial charge in [-0.05, 0) is 124 Å². The molecule has 2 aromatic heterocycles. The van der Waals surface area contributed by atoms with E-state index in [9.17, 15) is 0 Å². The fourth-order valence-electron chi connectivity index (χ4n) is 11.1. The van der Waals surface area contributed by atoms with Crippen LogP contribution in [0.2, 0.25) is 0 Å². The van der Waals surface area contributed by atoms with Gasteiger partial charge in [0.25, 0.3) is 0 Å². The molecule has 0 unspecified atom stereocenters. The van der Waals surface area contributed by atoms with Gasteiger partial charge < -0.3 is 23.8 Å². The molecule has 68 heavy (non-hydrogen) atoms. The number of hydrogen-bond donors (Lipinski definition) is 0. The van der Waals surface area contributed by atoms with Crippen molar-refractivity contribution in [2.24, 2.45) is 0 Å². The van der Waals surface area contributed by atoms with Gasteiger partial charge in [-0.15, -0.1) is 11.3 Å². The number of nitrogens with zero attached hydrogens (tertiary/aromatic N) is 3. The van der Waals surface area contributed by atoms with Gasteiger partial charge in [0.2, 0.25) is 0 Å². The quantitative estimate of drug-likeness (QED) is 0.161. The third kappa shape index (κ3) is 5.75. The number of hydrogen-bond acceptors (Lipinski definition) is 5. The molecule has 0 N–H and O–H groups in total. The van der Waals surface area contributed by atoms with Crippen molar-refractivity contribution in [2.75, 3.05) is 9.80 Å². The summed E-state index contributed by atoms with van der Waals surface area (Å²) in [5, 5.41) is 2.51. The molecular weight excluding hydrogens is 850 g/mol. The zero-order valence-corrected chi connectivity index (χ0v) is 38.9. The first-order valence-electron chi connectivity index (χ1n) is 23.4. The SMILES string of the molecule is Cc1cc2c3c(c1)N(c1ccc(C(C)(C)C)cc1-c1ccccc1)c1cc4c(cc1B3n1c3c-2cc(N(c2ccccc2)c2ccccc2)cc3c2sc3ccccc3c21)Oc1ccccc1O4. The lowest BCUT2D eigenvalue weighted by molar-refractivity contribution is 0.360. The Hall–Kier alpha value is -8.00. The number of aromatic nitrogens is 1. The minimum absolute atomic E-state index is 0.0591. The molecule has 7 heteroatoms. The summed E-state index contributed by atoms with van der Waals surface area (Å²) < 4.78 is 18.8. The molecule has 0 radical (unpaired) electrons. The van der Waals surface area contributed by atoms with Crippen molar-refractivity contribution in [1.29, 1.82) is 0 Å². The summed E-state index contributed by atoms with van der Waals surface area (Å²) in [4.78, 5) is 4.93. The predicted molar refractivity (Wildman–Crippen MR) is 286 cm³/mol. The maximum Gasteiger partial charge on any atom is 0.333 e. The monoisotopic (exact) mass is 893 g/mol. The molecule has 3 aliphatic rings. The second-order valence-corrected chi connectivity index (χ2v) is 20.4. The van der Waals surface area contributed by atoms with Crippen molar-refractivity contribution in [3.8, 4) is 45.3 Å². The molecule has 5 nitrogen and oxygen atoms in total. The summed E-state index contributed by atoms with van der Waals surface area (Å²) in [6, 6.07) is 70.6. The van der Waals surface area contributed by atoms with Crippen molar-refractivity contribution in [2.45, 2.75) is 33.1 Å². The first kappa shape index (κ1) is 39.2. The average molecular weight is 894 g/mol. The second kappa shape index (κ2) is 14.5. The third-order valence-electron chi connectivity index (χ3n) is 14.1. The Morgan fingerprint density at radius 3 is 1.85 bits per heavy atom. The van der Waals surface area contributed by atoms with Gasteiger partial charge >= 0.3 is 6.85 Å². The normalized spacial score (nSPS) is 13.2. The van der Waals surface area contributed by atoms with E-state index in [1.807, 2.05) is 35.6 Å².